The number of fused-ring (bicyclic) bond motifs is 1. The Morgan fingerprint density at radius 2 is 1.85 bits per heavy atom. The first-order valence-corrected chi connectivity index (χ1v) is 8.67. The number of nitrogens with zero attached hydrogens (tertiary/aromatic N) is 2. The zero-order valence-corrected chi connectivity index (χ0v) is 14.2. The van der Waals surface area contributed by atoms with Gasteiger partial charge in [-0.05, 0) is 43.5 Å². The number of pyridine rings is 1. The first-order chi connectivity index (χ1) is 12.7. The fourth-order valence-electron chi connectivity index (χ4n) is 3.13. The molecule has 2 aromatic heterocycles. The summed E-state index contributed by atoms with van der Waals surface area (Å²) in [4.78, 5) is 35.9. The van der Waals surface area contributed by atoms with E-state index in [-0.39, 0.29) is 17.5 Å². The maximum absolute atomic E-state index is 12.3. The summed E-state index contributed by atoms with van der Waals surface area (Å²) in [5.74, 6) is 0.117. The van der Waals surface area contributed by atoms with Gasteiger partial charge in [0.1, 0.15) is 0 Å². The number of rotatable bonds is 3. The molecule has 0 saturated carbocycles. The highest BCUT2D eigenvalue weighted by Crippen LogP contribution is 2.16. The number of aromatic amines is 1. The molecule has 0 aliphatic carbocycles. The fraction of sp³-hybridized carbons (Fsp3) is 0.263. The van der Waals surface area contributed by atoms with Gasteiger partial charge in [0.25, 0.3) is 11.5 Å². The van der Waals surface area contributed by atoms with Gasteiger partial charge >= 0.3 is 0 Å². The molecule has 1 aliphatic heterocycles. The Kier molecular flexibility index (Phi) is 4.45. The van der Waals surface area contributed by atoms with E-state index in [0.29, 0.717) is 17.0 Å². The predicted molar refractivity (Wildman–Crippen MR) is 99.0 cm³/mol. The third kappa shape index (κ3) is 3.34. The lowest BCUT2D eigenvalue weighted by atomic mass is 10.1. The van der Waals surface area contributed by atoms with Gasteiger partial charge in [0.2, 0.25) is 0 Å². The van der Waals surface area contributed by atoms with Crippen molar-refractivity contribution in [1.82, 2.24) is 25.6 Å². The van der Waals surface area contributed by atoms with Crippen LogP contribution in [0.3, 0.4) is 0 Å². The van der Waals surface area contributed by atoms with Gasteiger partial charge in [-0.25, -0.2) is 9.97 Å². The molecule has 3 aromatic rings. The zero-order chi connectivity index (χ0) is 17.9. The van der Waals surface area contributed by atoms with E-state index < -0.39 is 0 Å². The summed E-state index contributed by atoms with van der Waals surface area (Å²) >= 11 is 0. The highest BCUT2D eigenvalue weighted by atomic mass is 16.1. The van der Waals surface area contributed by atoms with Gasteiger partial charge in [-0.3, -0.25) is 9.59 Å². The number of aromatic nitrogens is 3. The zero-order valence-electron chi connectivity index (χ0n) is 14.2. The number of H-pyrrole nitrogens is 1. The van der Waals surface area contributed by atoms with E-state index in [1.54, 1.807) is 6.07 Å². The molecule has 0 unspecified atom stereocenters. The van der Waals surface area contributed by atoms with E-state index in [0.717, 1.165) is 36.8 Å². The normalized spacial score (nSPS) is 15.1. The standard InChI is InChI=1S/C19H19N5O2/c25-18(23-14-5-7-20-8-6-14)13-10-21-17(22-11-13)15-9-12-3-1-2-4-16(12)24-19(15)26/h1-4,9-11,14,20H,5-8H2,(H,23,25)(H,24,26). The van der Waals surface area contributed by atoms with Crippen molar-refractivity contribution < 1.29 is 4.79 Å². The predicted octanol–water partition coefficient (Wildman–Crippen LogP) is 1.47. The number of nitrogens with one attached hydrogen (secondary N) is 3. The Labute approximate surface area is 149 Å². The molecule has 1 aliphatic rings. The van der Waals surface area contributed by atoms with Crippen LogP contribution in [0.1, 0.15) is 23.2 Å². The molecule has 3 heterocycles. The average molecular weight is 349 g/mol. The van der Waals surface area contributed by atoms with Gasteiger partial charge in [-0.1, -0.05) is 18.2 Å². The summed E-state index contributed by atoms with van der Waals surface area (Å²) < 4.78 is 0. The number of hydrogen-bond acceptors (Lipinski definition) is 5. The number of hydrogen-bond donors (Lipinski definition) is 3. The minimum Gasteiger partial charge on any atom is -0.349 e. The van der Waals surface area contributed by atoms with E-state index in [2.05, 4.69) is 25.6 Å². The minimum absolute atomic E-state index is 0.173. The van der Waals surface area contributed by atoms with Crippen molar-refractivity contribution in [3.63, 3.8) is 0 Å². The largest absolute Gasteiger partial charge is 0.349 e. The second-order valence-electron chi connectivity index (χ2n) is 6.39. The van der Waals surface area contributed by atoms with Gasteiger partial charge in [-0.15, -0.1) is 0 Å². The van der Waals surface area contributed by atoms with Crippen molar-refractivity contribution in [3.8, 4) is 11.4 Å². The molecule has 0 atom stereocenters. The molecule has 0 bridgehead atoms. The van der Waals surface area contributed by atoms with Crippen LogP contribution in [0.4, 0.5) is 0 Å². The molecular weight excluding hydrogens is 330 g/mol. The number of amides is 1. The highest BCUT2D eigenvalue weighted by Gasteiger charge is 2.17. The third-order valence-electron chi connectivity index (χ3n) is 4.58. The van der Waals surface area contributed by atoms with Crippen LogP contribution in [0.15, 0.2) is 47.5 Å². The average Bonchev–Trinajstić information content (AvgIpc) is 2.68. The van der Waals surface area contributed by atoms with Gasteiger partial charge in [0, 0.05) is 24.0 Å². The first-order valence-electron chi connectivity index (χ1n) is 8.67. The van der Waals surface area contributed by atoms with Crippen molar-refractivity contribution in [1.29, 1.82) is 0 Å². The van der Waals surface area contributed by atoms with E-state index in [4.69, 9.17) is 0 Å². The van der Waals surface area contributed by atoms with Crippen molar-refractivity contribution >= 4 is 16.8 Å². The Balaban J connectivity index is 1.56. The Bertz CT molecular complexity index is 991. The molecule has 0 spiro atoms. The summed E-state index contributed by atoms with van der Waals surface area (Å²) in [7, 11) is 0. The van der Waals surface area contributed by atoms with Crippen LogP contribution in [-0.2, 0) is 0 Å². The van der Waals surface area contributed by atoms with E-state index in [9.17, 15) is 9.59 Å². The molecule has 26 heavy (non-hydrogen) atoms. The van der Waals surface area contributed by atoms with Crippen LogP contribution in [-0.4, -0.2) is 40.0 Å². The quantitative estimate of drug-likeness (QED) is 0.665. The van der Waals surface area contributed by atoms with E-state index in [1.165, 1.54) is 12.4 Å². The van der Waals surface area contributed by atoms with Gasteiger partial charge in [-0.2, -0.15) is 0 Å². The monoisotopic (exact) mass is 349 g/mol. The van der Waals surface area contributed by atoms with Crippen LogP contribution in [0.5, 0.6) is 0 Å². The molecule has 4 rings (SSSR count). The van der Waals surface area contributed by atoms with Crippen molar-refractivity contribution in [2.24, 2.45) is 0 Å². The van der Waals surface area contributed by atoms with Crippen LogP contribution in [0, 0.1) is 0 Å². The molecule has 1 amide bonds. The van der Waals surface area contributed by atoms with Crippen molar-refractivity contribution in [2.45, 2.75) is 18.9 Å². The lowest BCUT2D eigenvalue weighted by Crippen LogP contribution is -2.42. The lowest BCUT2D eigenvalue weighted by Gasteiger charge is -2.23. The topological polar surface area (TPSA) is 99.8 Å². The number of carbonyl (C=O) groups is 1. The maximum atomic E-state index is 12.3. The SMILES string of the molecule is O=C(NC1CCNCC1)c1cnc(-c2cc3ccccc3[nH]c2=O)nc1. The molecule has 7 heteroatoms. The van der Waals surface area contributed by atoms with Crippen LogP contribution in [0.25, 0.3) is 22.3 Å². The molecule has 0 radical (unpaired) electrons. The third-order valence-corrected chi connectivity index (χ3v) is 4.58. The summed E-state index contributed by atoms with van der Waals surface area (Å²) in [6, 6.07) is 9.46. The molecule has 3 N–H and O–H groups in total. The minimum atomic E-state index is -0.254. The van der Waals surface area contributed by atoms with Crippen molar-refractivity contribution in [3.05, 3.63) is 58.6 Å². The molecule has 1 saturated heterocycles. The molecular formula is C19H19N5O2. The van der Waals surface area contributed by atoms with Gasteiger partial charge in [0.05, 0.1) is 11.1 Å². The number of piperidine rings is 1. The fourth-order valence-corrected chi connectivity index (χ4v) is 3.13. The molecule has 132 valence electrons. The van der Waals surface area contributed by atoms with Crippen LogP contribution < -0.4 is 16.2 Å². The molecule has 1 aromatic carbocycles. The summed E-state index contributed by atoms with van der Waals surface area (Å²) in [5, 5.41) is 7.17. The van der Waals surface area contributed by atoms with E-state index in [1.807, 2.05) is 24.3 Å². The Morgan fingerprint density at radius 3 is 2.62 bits per heavy atom. The number of benzene rings is 1. The maximum Gasteiger partial charge on any atom is 0.259 e. The molecule has 1 fully saturated rings. The van der Waals surface area contributed by atoms with Crippen LogP contribution in [0.2, 0.25) is 0 Å². The Hall–Kier alpha value is -3.06. The first kappa shape index (κ1) is 16.4. The van der Waals surface area contributed by atoms with Crippen molar-refractivity contribution in [2.75, 3.05) is 13.1 Å². The smallest absolute Gasteiger partial charge is 0.259 e. The molecule has 7 nitrogen and oxygen atoms in total. The summed E-state index contributed by atoms with van der Waals surface area (Å²) in [6.45, 7) is 1.82. The Morgan fingerprint density at radius 1 is 1.12 bits per heavy atom. The lowest BCUT2D eigenvalue weighted by molar-refractivity contribution is 0.0929. The number of para-hydroxylation sites is 1. The van der Waals surface area contributed by atoms with Gasteiger partial charge in [0.15, 0.2) is 5.82 Å². The second kappa shape index (κ2) is 7.05. The van der Waals surface area contributed by atoms with Gasteiger partial charge < -0.3 is 15.6 Å². The second-order valence-corrected chi connectivity index (χ2v) is 6.39. The van der Waals surface area contributed by atoms with Crippen LogP contribution >= 0.6 is 0 Å². The summed E-state index contributed by atoms with van der Waals surface area (Å²) in [6.07, 6.45) is 4.76. The number of carbonyl (C=O) groups excluding carboxylic acids is 1. The summed E-state index contributed by atoms with van der Waals surface area (Å²) in [5.41, 5.74) is 1.29. The highest BCUT2D eigenvalue weighted by molar-refractivity contribution is 5.94. The van der Waals surface area contributed by atoms with E-state index >= 15 is 0 Å².